The highest BCUT2D eigenvalue weighted by atomic mass is 32.2. The van der Waals surface area contributed by atoms with Crippen LogP contribution in [-0.2, 0) is 21.1 Å². The van der Waals surface area contributed by atoms with Gasteiger partial charge in [0.05, 0.1) is 17.1 Å². The van der Waals surface area contributed by atoms with Gasteiger partial charge < -0.3 is 10.1 Å². The normalized spacial score (nSPS) is 11.2. The number of carbonyl (C=O) groups is 1. The zero-order valence-electron chi connectivity index (χ0n) is 19.7. The molecule has 0 saturated heterocycles. The van der Waals surface area contributed by atoms with Gasteiger partial charge in [-0.2, -0.15) is 0 Å². The number of hydrogen-bond donors (Lipinski definition) is 1. The van der Waals surface area contributed by atoms with Gasteiger partial charge in [0.25, 0.3) is 0 Å². The standard InChI is InChI=1S/C28H22F3NO4S/c1-2-37(34,35)25-9-6-18(7-10-25)12-28(33)32-23-8-11-26(19-13-21(30)15-22(31)14-19)27(17-23)36-24-5-3-4-20(29)16-24/h3-11,13-17H,2,12H2,1H3,(H,32,33). The highest BCUT2D eigenvalue weighted by molar-refractivity contribution is 7.91. The van der Waals surface area contributed by atoms with Crippen LogP contribution in [0.25, 0.3) is 11.1 Å². The molecule has 37 heavy (non-hydrogen) atoms. The van der Waals surface area contributed by atoms with Crippen LogP contribution >= 0.6 is 0 Å². The first-order valence-electron chi connectivity index (χ1n) is 11.3. The zero-order valence-corrected chi connectivity index (χ0v) is 20.5. The summed E-state index contributed by atoms with van der Waals surface area (Å²) in [4.78, 5) is 12.8. The molecule has 0 aromatic heterocycles. The number of hydrogen-bond acceptors (Lipinski definition) is 4. The predicted molar refractivity (Wildman–Crippen MR) is 135 cm³/mol. The van der Waals surface area contributed by atoms with Crippen molar-refractivity contribution in [3.63, 3.8) is 0 Å². The molecule has 4 rings (SSSR count). The molecule has 0 atom stereocenters. The Morgan fingerprint density at radius 3 is 2.19 bits per heavy atom. The average molecular weight is 526 g/mol. The first-order chi connectivity index (χ1) is 17.6. The van der Waals surface area contributed by atoms with E-state index in [1.165, 1.54) is 42.5 Å². The number of sulfone groups is 1. The Kier molecular flexibility index (Phi) is 7.63. The number of rotatable bonds is 8. The maximum Gasteiger partial charge on any atom is 0.228 e. The summed E-state index contributed by atoms with van der Waals surface area (Å²) in [5.74, 6) is -2.19. The van der Waals surface area contributed by atoms with Gasteiger partial charge in [-0.1, -0.05) is 25.1 Å². The Balaban J connectivity index is 1.59. The third-order valence-electron chi connectivity index (χ3n) is 5.49. The molecule has 190 valence electrons. The molecule has 9 heteroatoms. The van der Waals surface area contributed by atoms with Crippen molar-refractivity contribution in [3.8, 4) is 22.6 Å². The summed E-state index contributed by atoms with van der Waals surface area (Å²) < 4.78 is 71.2. The van der Waals surface area contributed by atoms with E-state index >= 15 is 0 Å². The van der Waals surface area contributed by atoms with Gasteiger partial charge in [0.2, 0.25) is 5.91 Å². The second-order valence-electron chi connectivity index (χ2n) is 8.20. The largest absolute Gasteiger partial charge is 0.457 e. The van der Waals surface area contributed by atoms with Crippen LogP contribution in [0.4, 0.5) is 18.9 Å². The molecular formula is C28H22F3NO4S. The summed E-state index contributed by atoms with van der Waals surface area (Å²) in [6.45, 7) is 1.55. The van der Waals surface area contributed by atoms with Crippen LogP contribution in [0, 0.1) is 17.5 Å². The van der Waals surface area contributed by atoms with E-state index in [0.717, 1.165) is 24.3 Å². The molecular weight excluding hydrogens is 503 g/mol. The minimum atomic E-state index is -3.34. The smallest absolute Gasteiger partial charge is 0.228 e. The van der Waals surface area contributed by atoms with E-state index in [1.807, 2.05) is 0 Å². The van der Waals surface area contributed by atoms with Gasteiger partial charge >= 0.3 is 0 Å². The monoisotopic (exact) mass is 525 g/mol. The minimum Gasteiger partial charge on any atom is -0.457 e. The van der Waals surface area contributed by atoms with Crippen molar-refractivity contribution in [2.45, 2.75) is 18.2 Å². The molecule has 0 fully saturated rings. The first kappa shape index (κ1) is 26.0. The van der Waals surface area contributed by atoms with Crippen molar-refractivity contribution in [3.05, 3.63) is 108 Å². The fourth-order valence-corrected chi connectivity index (χ4v) is 4.55. The molecule has 0 spiro atoms. The Hall–Kier alpha value is -4.11. The van der Waals surface area contributed by atoms with E-state index in [9.17, 15) is 26.4 Å². The highest BCUT2D eigenvalue weighted by Crippen LogP contribution is 2.36. The van der Waals surface area contributed by atoms with Crippen LogP contribution in [0.1, 0.15) is 12.5 Å². The van der Waals surface area contributed by atoms with Crippen LogP contribution in [0.5, 0.6) is 11.5 Å². The molecule has 4 aromatic rings. The van der Waals surface area contributed by atoms with Gasteiger partial charge in [0, 0.05) is 29.4 Å². The third-order valence-corrected chi connectivity index (χ3v) is 7.24. The summed E-state index contributed by atoms with van der Waals surface area (Å²) in [5.41, 5.74) is 1.47. The lowest BCUT2D eigenvalue weighted by Gasteiger charge is -2.14. The van der Waals surface area contributed by atoms with E-state index in [1.54, 1.807) is 25.1 Å². The van der Waals surface area contributed by atoms with Crippen molar-refractivity contribution < 1.29 is 31.1 Å². The summed E-state index contributed by atoms with van der Waals surface area (Å²) in [7, 11) is -3.34. The molecule has 0 unspecified atom stereocenters. The molecule has 0 bridgehead atoms. The van der Waals surface area contributed by atoms with E-state index in [2.05, 4.69) is 5.32 Å². The maximum absolute atomic E-state index is 13.9. The van der Waals surface area contributed by atoms with Crippen LogP contribution in [-0.4, -0.2) is 20.1 Å². The topological polar surface area (TPSA) is 72.5 Å². The lowest BCUT2D eigenvalue weighted by Crippen LogP contribution is -2.14. The molecule has 5 nitrogen and oxygen atoms in total. The second kappa shape index (κ2) is 10.9. The summed E-state index contributed by atoms with van der Waals surface area (Å²) >= 11 is 0. The highest BCUT2D eigenvalue weighted by Gasteiger charge is 2.15. The van der Waals surface area contributed by atoms with E-state index in [-0.39, 0.29) is 40.0 Å². The summed E-state index contributed by atoms with van der Waals surface area (Å²) in [6, 6.07) is 19.0. The number of anilines is 1. The van der Waals surface area contributed by atoms with Gasteiger partial charge in [-0.15, -0.1) is 0 Å². The third kappa shape index (κ3) is 6.56. The van der Waals surface area contributed by atoms with Crippen LogP contribution in [0.3, 0.4) is 0 Å². The zero-order chi connectivity index (χ0) is 26.6. The number of nitrogens with one attached hydrogen (secondary N) is 1. The van der Waals surface area contributed by atoms with Crippen LogP contribution < -0.4 is 10.1 Å². The summed E-state index contributed by atoms with van der Waals surface area (Å²) in [5, 5.41) is 2.73. The van der Waals surface area contributed by atoms with E-state index in [0.29, 0.717) is 16.8 Å². The fraction of sp³-hybridized carbons (Fsp3) is 0.107. The average Bonchev–Trinajstić information content (AvgIpc) is 2.84. The van der Waals surface area contributed by atoms with Gasteiger partial charge in [-0.25, -0.2) is 21.6 Å². The molecule has 1 amide bonds. The molecule has 4 aromatic carbocycles. The Morgan fingerprint density at radius 2 is 1.54 bits per heavy atom. The van der Waals surface area contributed by atoms with Crippen molar-refractivity contribution in [2.24, 2.45) is 0 Å². The van der Waals surface area contributed by atoms with Crippen molar-refractivity contribution >= 4 is 21.4 Å². The predicted octanol–water partition coefficient (Wildman–Crippen LogP) is 6.54. The number of amides is 1. The van der Waals surface area contributed by atoms with E-state index < -0.39 is 27.3 Å². The molecule has 0 radical (unpaired) electrons. The number of halogens is 3. The molecule has 0 aliphatic carbocycles. The first-order valence-corrected chi connectivity index (χ1v) is 12.9. The lowest BCUT2D eigenvalue weighted by molar-refractivity contribution is -0.115. The van der Waals surface area contributed by atoms with Crippen LogP contribution in [0.15, 0.2) is 89.8 Å². The van der Waals surface area contributed by atoms with Gasteiger partial charge in [-0.3, -0.25) is 4.79 Å². The van der Waals surface area contributed by atoms with Crippen LogP contribution in [0.2, 0.25) is 0 Å². The van der Waals surface area contributed by atoms with E-state index in [4.69, 9.17) is 4.74 Å². The minimum absolute atomic E-state index is 0.0227. The Labute approximate surface area is 212 Å². The fourth-order valence-electron chi connectivity index (χ4n) is 3.66. The van der Waals surface area contributed by atoms with Gasteiger partial charge in [0.15, 0.2) is 9.84 Å². The quantitative estimate of drug-likeness (QED) is 0.284. The molecule has 0 aliphatic heterocycles. The van der Waals surface area contributed by atoms with Crippen molar-refractivity contribution in [1.29, 1.82) is 0 Å². The molecule has 1 N–H and O–H groups in total. The number of benzene rings is 4. The van der Waals surface area contributed by atoms with Gasteiger partial charge in [-0.05, 0) is 59.7 Å². The second-order valence-corrected chi connectivity index (χ2v) is 10.5. The molecule has 0 aliphatic rings. The van der Waals surface area contributed by atoms with Gasteiger partial charge in [0.1, 0.15) is 29.0 Å². The van der Waals surface area contributed by atoms with Crippen molar-refractivity contribution in [2.75, 3.05) is 11.1 Å². The molecule has 0 saturated carbocycles. The maximum atomic E-state index is 13.9. The SMILES string of the molecule is CCS(=O)(=O)c1ccc(CC(=O)Nc2ccc(-c3cc(F)cc(F)c3)c(Oc3cccc(F)c3)c2)cc1. The Bertz CT molecular complexity index is 1530. The number of carbonyl (C=O) groups excluding carboxylic acids is 1. The summed E-state index contributed by atoms with van der Waals surface area (Å²) in [6.07, 6.45) is -0.0244. The Morgan fingerprint density at radius 1 is 0.838 bits per heavy atom. The molecule has 0 heterocycles. The lowest BCUT2D eigenvalue weighted by atomic mass is 10.0. The van der Waals surface area contributed by atoms with Crippen molar-refractivity contribution in [1.82, 2.24) is 0 Å². The number of ether oxygens (including phenoxy) is 1.